The van der Waals surface area contributed by atoms with Gasteiger partial charge in [0.15, 0.2) is 0 Å². The smallest absolute Gasteiger partial charge is 0.0822 e. The van der Waals surface area contributed by atoms with E-state index in [0.29, 0.717) is 0 Å². The lowest BCUT2D eigenvalue weighted by molar-refractivity contribution is 0.0365. The highest BCUT2D eigenvalue weighted by molar-refractivity contribution is 9.10. The van der Waals surface area contributed by atoms with Crippen LogP contribution in [0.1, 0.15) is 31.4 Å². The molecule has 0 aromatic heterocycles. The van der Waals surface area contributed by atoms with Crippen molar-refractivity contribution < 1.29 is 9.47 Å². The number of hydrogen-bond acceptors (Lipinski definition) is 2. The Hall–Kier alpha value is -0.380. The fraction of sp³-hybridized carbons (Fsp3) is 0.538. The van der Waals surface area contributed by atoms with E-state index in [1.165, 1.54) is 5.56 Å². The predicted octanol–water partition coefficient (Wildman–Crippen LogP) is 3.95. The van der Waals surface area contributed by atoms with Gasteiger partial charge in [0, 0.05) is 24.8 Å². The van der Waals surface area contributed by atoms with Gasteiger partial charge in [-0.25, -0.2) is 0 Å². The Labute approximate surface area is 106 Å². The third kappa shape index (κ3) is 4.64. The van der Waals surface area contributed by atoms with Gasteiger partial charge in [0.05, 0.1) is 6.10 Å². The van der Waals surface area contributed by atoms with Gasteiger partial charge in [0.2, 0.25) is 0 Å². The molecule has 0 saturated carbocycles. The van der Waals surface area contributed by atoms with E-state index in [1.54, 1.807) is 7.11 Å². The SMILES string of the molecule is CCC(OCCCOC)c1ccc(Br)cc1. The van der Waals surface area contributed by atoms with E-state index < -0.39 is 0 Å². The third-order valence-electron chi connectivity index (χ3n) is 2.42. The van der Waals surface area contributed by atoms with Gasteiger partial charge in [0.25, 0.3) is 0 Å². The zero-order chi connectivity index (χ0) is 11.8. The van der Waals surface area contributed by atoms with Crippen LogP contribution in [0.4, 0.5) is 0 Å². The number of hydrogen-bond donors (Lipinski definition) is 0. The van der Waals surface area contributed by atoms with Crippen LogP contribution >= 0.6 is 15.9 Å². The lowest BCUT2D eigenvalue weighted by Crippen LogP contribution is -2.06. The molecule has 1 aromatic carbocycles. The first-order valence-corrected chi connectivity index (χ1v) is 6.43. The quantitative estimate of drug-likeness (QED) is 0.707. The van der Waals surface area contributed by atoms with Crippen molar-refractivity contribution in [2.24, 2.45) is 0 Å². The van der Waals surface area contributed by atoms with Gasteiger partial charge in [-0.3, -0.25) is 0 Å². The van der Waals surface area contributed by atoms with Crippen LogP contribution in [0.25, 0.3) is 0 Å². The molecule has 2 nitrogen and oxygen atoms in total. The summed E-state index contributed by atoms with van der Waals surface area (Å²) in [5.41, 5.74) is 1.24. The lowest BCUT2D eigenvalue weighted by Gasteiger charge is -2.16. The summed E-state index contributed by atoms with van der Waals surface area (Å²) >= 11 is 3.43. The minimum atomic E-state index is 0.199. The van der Waals surface area contributed by atoms with Gasteiger partial charge >= 0.3 is 0 Å². The maximum Gasteiger partial charge on any atom is 0.0822 e. The van der Waals surface area contributed by atoms with Crippen molar-refractivity contribution in [3.8, 4) is 0 Å². The Morgan fingerprint density at radius 2 is 1.88 bits per heavy atom. The molecular formula is C13H19BrO2. The van der Waals surface area contributed by atoms with E-state index >= 15 is 0 Å². The van der Waals surface area contributed by atoms with Gasteiger partial charge in [-0.1, -0.05) is 35.0 Å². The highest BCUT2D eigenvalue weighted by atomic mass is 79.9. The van der Waals surface area contributed by atoms with Crippen LogP contribution in [0.2, 0.25) is 0 Å². The molecule has 90 valence electrons. The normalized spacial score (nSPS) is 12.7. The Bertz CT molecular complexity index is 284. The molecule has 0 saturated heterocycles. The molecule has 0 aliphatic rings. The fourth-order valence-electron chi connectivity index (χ4n) is 1.56. The molecule has 0 radical (unpaired) electrons. The van der Waals surface area contributed by atoms with E-state index in [0.717, 1.165) is 30.5 Å². The second-order valence-electron chi connectivity index (χ2n) is 3.67. The number of benzene rings is 1. The molecule has 0 bridgehead atoms. The highest BCUT2D eigenvalue weighted by Crippen LogP contribution is 2.22. The van der Waals surface area contributed by atoms with Gasteiger partial charge in [0.1, 0.15) is 0 Å². The Morgan fingerprint density at radius 1 is 1.19 bits per heavy atom. The van der Waals surface area contributed by atoms with Gasteiger partial charge < -0.3 is 9.47 Å². The molecule has 3 heteroatoms. The molecule has 1 atom stereocenters. The van der Waals surface area contributed by atoms with Crippen LogP contribution in [0.3, 0.4) is 0 Å². The second-order valence-corrected chi connectivity index (χ2v) is 4.58. The van der Waals surface area contributed by atoms with Crippen molar-refractivity contribution in [1.82, 2.24) is 0 Å². The van der Waals surface area contributed by atoms with Crippen molar-refractivity contribution in [3.05, 3.63) is 34.3 Å². The average Bonchev–Trinajstić information content (AvgIpc) is 2.31. The first kappa shape index (κ1) is 13.7. The van der Waals surface area contributed by atoms with Gasteiger partial charge in [-0.2, -0.15) is 0 Å². The van der Waals surface area contributed by atoms with E-state index in [-0.39, 0.29) is 6.10 Å². The molecule has 1 unspecified atom stereocenters. The fourth-order valence-corrected chi connectivity index (χ4v) is 1.82. The molecule has 0 fully saturated rings. The lowest BCUT2D eigenvalue weighted by atomic mass is 10.1. The van der Waals surface area contributed by atoms with Crippen LogP contribution in [0.5, 0.6) is 0 Å². The summed E-state index contributed by atoms with van der Waals surface area (Å²) in [6.45, 7) is 3.65. The van der Waals surface area contributed by atoms with E-state index in [4.69, 9.17) is 9.47 Å². The summed E-state index contributed by atoms with van der Waals surface area (Å²) in [4.78, 5) is 0. The molecule has 0 aliphatic carbocycles. The molecule has 1 rings (SSSR count). The van der Waals surface area contributed by atoms with E-state index in [2.05, 4.69) is 47.1 Å². The van der Waals surface area contributed by atoms with Crippen molar-refractivity contribution in [2.75, 3.05) is 20.3 Å². The van der Waals surface area contributed by atoms with Crippen LogP contribution in [0.15, 0.2) is 28.7 Å². The standard InChI is InChI=1S/C13H19BrO2/c1-3-13(16-10-4-9-15-2)11-5-7-12(14)8-6-11/h5-8,13H,3-4,9-10H2,1-2H3. The van der Waals surface area contributed by atoms with Crippen molar-refractivity contribution in [2.45, 2.75) is 25.9 Å². The van der Waals surface area contributed by atoms with E-state index in [9.17, 15) is 0 Å². The molecule has 1 aromatic rings. The van der Waals surface area contributed by atoms with Crippen molar-refractivity contribution >= 4 is 15.9 Å². The summed E-state index contributed by atoms with van der Waals surface area (Å²) in [5, 5.41) is 0. The van der Waals surface area contributed by atoms with Crippen molar-refractivity contribution in [3.63, 3.8) is 0 Å². The summed E-state index contributed by atoms with van der Waals surface area (Å²) in [7, 11) is 1.71. The summed E-state index contributed by atoms with van der Waals surface area (Å²) < 4.78 is 11.9. The number of ether oxygens (including phenoxy) is 2. The Morgan fingerprint density at radius 3 is 2.44 bits per heavy atom. The van der Waals surface area contributed by atoms with Gasteiger partial charge in [-0.15, -0.1) is 0 Å². The minimum Gasteiger partial charge on any atom is -0.385 e. The van der Waals surface area contributed by atoms with Crippen LogP contribution in [0, 0.1) is 0 Å². The maximum atomic E-state index is 5.82. The molecule has 0 N–H and O–H groups in total. The van der Waals surface area contributed by atoms with Gasteiger partial charge in [-0.05, 0) is 30.5 Å². The van der Waals surface area contributed by atoms with Crippen molar-refractivity contribution in [1.29, 1.82) is 0 Å². The molecular weight excluding hydrogens is 268 g/mol. The van der Waals surface area contributed by atoms with Crippen LogP contribution in [-0.2, 0) is 9.47 Å². The zero-order valence-corrected chi connectivity index (χ0v) is 11.5. The monoisotopic (exact) mass is 286 g/mol. The minimum absolute atomic E-state index is 0.199. The number of rotatable bonds is 7. The number of halogens is 1. The Kier molecular flexibility index (Phi) is 6.69. The third-order valence-corrected chi connectivity index (χ3v) is 2.95. The molecule has 16 heavy (non-hydrogen) atoms. The number of methoxy groups -OCH3 is 1. The summed E-state index contributed by atoms with van der Waals surface area (Å²) in [6.07, 6.45) is 2.14. The molecule has 0 spiro atoms. The predicted molar refractivity (Wildman–Crippen MR) is 69.6 cm³/mol. The zero-order valence-electron chi connectivity index (χ0n) is 9.91. The molecule has 0 heterocycles. The summed E-state index contributed by atoms with van der Waals surface area (Å²) in [5.74, 6) is 0. The van der Waals surface area contributed by atoms with Crippen LogP contribution in [-0.4, -0.2) is 20.3 Å². The Balaban J connectivity index is 2.44. The maximum absolute atomic E-state index is 5.82. The average molecular weight is 287 g/mol. The first-order valence-electron chi connectivity index (χ1n) is 5.64. The largest absolute Gasteiger partial charge is 0.385 e. The second kappa shape index (κ2) is 7.82. The van der Waals surface area contributed by atoms with E-state index in [1.807, 2.05) is 0 Å². The highest BCUT2D eigenvalue weighted by Gasteiger charge is 2.08. The molecule has 0 amide bonds. The topological polar surface area (TPSA) is 18.5 Å². The molecule has 0 aliphatic heterocycles. The first-order chi connectivity index (χ1) is 7.77. The van der Waals surface area contributed by atoms with Crippen LogP contribution < -0.4 is 0 Å². The summed E-state index contributed by atoms with van der Waals surface area (Å²) in [6, 6.07) is 8.32.